The van der Waals surface area contributed by atoms with Crippen molar-refractivity contribution >= 4 is 34.0 Å². The number of nitrogens with zero attached hydrogens (tertiary/aromatic N) is 4. The van der Waals surface area contributed by atoms with Gasteiger partial charge in [0.25, 0.3) is 0 Å². The zero-order valence-electron chi connectivity index (χ0n) is 19.4. The van der Waals surface area contributed by atoms with E-state index in [0.29, 0.717) is 28.1 Å². The number of aromatic nitrogens is 3. The molecule has 7 nitrogen and oxygen atoms in total. The van der Waals surface area contributed by atoms with E-state index in [1.807, 2.05) is 30.5 Å². The van der Waals surface area contributed by atoms with Crippen molar-refractivity contribution in [1.82, 2.24) is 14.8 Å². The SMILES string of the molecule is C=CCn1c(COc2ccc(C)cc2C)nnc1SCC(=O)Nc1sc2c(c1C#N)CCCC2. The van der Waals surface area contributed by atoms with Crippen molar-refractivity contribution in [3.8, 4) is 11.8 Å². The van der Waals surface area contributed by atoms with E-state index >= 15 is 0 Å². The predicted octanol–water partition coefficient (Wildman–Crippen LogP) is 5.20. The van der Waals surface area contributed by atoms with Crippen molar-refractivity contribution in [2.24, 2.45) is 0 Å². The third kappa shape index (κ3) is 5.34. The average molecular weight is 494 g/mol. The van der Waals surface area contributed by atoms with Crippen LogP contribution in [0.25, 0.3) is 0 Å². The van der Waals surface area contributed by atoms with Gasteiger partial charge in [-0.25, -0.2) is 0 Å². The smallest absolute Gasteiger partial charge is 0.235 e. The van der Waals surface area contributed by atoms with Crippen LogP contribution >= 0.6 is 23.1 Å². The second kappa shape index (κ2) is 10.9. The van der Waals surface area contributed by atoms with Crippen molar-refractivity contribution < 1.29 is 9.53 Å². The number of fused-ring (bicyclic) bond motifs is 1. The summed E-state index contributed by atoms with van der Waals surface area (Å²) >= 11 is 2.84. The first kappa shape index (κ1) is 24.0. The molecule has 9 heteroatoms. The number of nitriles is 1. The largest absolute Gasteiger partial charge is 0.485 e. The van der Waals surface area contributed by atoms with Gasteiger partial charge in [0.2, 0.25) is 5.91 Å². The monoisotopic (exact) mass is 493 g/mol. The quantitative estimate of drug-likeness (QED) is 0.325. The molecular weight excluding hydrogens is 466 g/mol. The minimum absolute atomic E-state index is 0.165. The summed E-state index contributed by atoms with van der Waals surface area (Å²) < 4.78 is 7.87. The molecule has 0 unspecified atom stereocenters. The fourth-order valence-electron chi connectivity index (χ4n) is 4.01. The highest BCUT2D eigenvalue weighted by Crippen LogP contribution is 2.37. The maximum atomic E-state index is 12.7. The third-order valence-electron chi connectivity index (χ3n) is 5.66. The number of anilines is 1. The van der Waals surface area contributed by atoms with Crippen molar-refractivity contribution in [2.75, 3.05) is 11.1 Å². The van der Waals surface area contributed by atoms with Crippen LogP contribution in [0, 0.1) is 25.2 Å². The minimum atomic E-state index is -0.165. The Morgan fingerprint density at radius 2 is 2.18 bits per heavy atom. The van der Waals surface area contributed by atoms with Gasteiger partial charge in [0, 0.05) is 11.4 Å². The van der Waals surface area contributed by atoms with Gasteiger partial charge in [-0.1, -0.05) is 35.5 Å². The van der Waals surface area contributed by atoms with E-state index in [1.54, 1.807) is 6.08 Å². The molecule has 2 aromatic heterocycles. The van der Waals surface area contributed by atoms with E-state index in [1.165, 1.54) is 33.5 Å². The Bertz CT molecular complexity index is 1250. The number of rotatable bonds is 9. The normalized spacial score (nSPS) is 12.6. The van der Waals surface area contributed by atoms with Gasteiger partial charge in [-0.05, 0) is 56.7 Å². The van der Waals surface area contributed by atoms with E-state index in [2.05, 4.69) is 34.2 Å². The summed E-state index contributed by atoms with van der Waals surface area (Å²) in [6, 6.07) is 8.33. The summed E-state index contributed by atoms with van der Waals surface area (Å²) in [4.78, 5) is 13.9. The summed E-state index contributed by atoms with van der Waals surface area (Å²) in [7, 11) is 0. The van der Waals surface area contributed by atoms with Crippen LogP contribution in [0.1, 0.15) is 45.8 Å². The molecule has 1 aromatic carbocycles. The summed E-state index contributed by atoms with van der Waals surface area (Å²) in [6.07, 6.45) is 5.89. The molecule has 0 spiro atoms. The number of nitrogens with one attached hydrogen (secondary N) is 1. The van der Waals surface area contributed by atoms with Crippen LogP contribution in [0.15, 0.2) is 36.0 Å². The van der Waals surface area contributed by atoms with Crippen LogP contribution < -0.4 is 10.1 Å². The number of hydrogen-bond donors (Lipinski definition) is 1. The molecule has 176 valence electrons. The molecule has 1 aliphatic carbocycles. The third-order valence-corrected chi connectivity index (χ3v) is 7.83. The second-order valence-corrected chi connectivity index (χ2v) is 10.3. The number of aryl methyl sites for hydroxylation is 3. The van der Waals surface area contributed by atoms with E-state index in [4.69, 9.17) is 4.74 Å². The Labute approximate surface area is 207 Å². The van der Waals surface area contributed by atoms with E-state index in [9.17, 15) is 10.1 Å². The number of thiophene rings is 1. The highest BCUT2D eigenvalue weighted by Gasteiger charge is 2.22. The maximum Gasteiger partial charge on any atom is 0.235 e. The molecule has 0 atom stereocenters. The van der Waals surface area contributed by atoms with Crippen LogP contribution in [0.5, 0.6) is 5.75 Å². The number of hydrogen-bond acceptors (Lipinski definition) is 7. The Morgan fingerprint density at radius 3 is 2.94 bits per heavy atom. The first-order valence-corrected chi connectivity index (χ1v) is 13.0. The lowest BCUT2D eigenvalue weighted by Gasteiger charge is -2.11. The number of thioether (sulfide) groups is 1. The number of ether oxygens (including phenoxy) is 1. The molecule has 4 rings (SSSR count). The van der Waals surface area contributed by atoms with Crippen LogP contribution in [0.4, 0.5) is 5.00 Å². The van der Waals surface area contributed by atoms with Gasteiger partial charge in [-0.15, -0.1) is 28.1 Å². The fraction of sp³-hybridized carbons (Fsp3) is 0.360. The highest BCUT2D eigenvalue weighted by molar-refractivity contribution is 7.99. The molecule has 1 N–H and O–H groups in total. The molecule has 0 bridgehead atoms. The first-order valence-electron chi connectivity index (χ1n) is 11.2. The number of amides is 1. The molecule has 3 aromatic rings. The number of allylic oxidation sites excluding steroid dienone is 1. The van der Waals surface area contributed by atoms with Gasteiger partial charge < -0.3 is 10.1 Å². The molecule has 1 amide bonds. The van der Waals surface area contributed by atoms with Crippen LogP contribution in [-0.4, -0.2) is 26.4 Å². The minimum Gasteiger partial charge on any atom is -0.485 e. The standard InChI is InChI=1S/C25H27N5O2S2/c1-4-11-30-22(14-32-20-10-9-16(2)12-17(20)3)28-29-25(30)33-15-23(31)27-24-19(13-26)18-7-5-6-8-21(18)34-24/h4,9-10,12H,1,5-8,11,14-15H2,2-3H3,(H,27,31). The number of carbonyl (C=O) groups excluding carboxylic acids is 1. The van der Waals surface area contributed by atoms with E-state index < -0.39 is 0 Å². The molecule has 0 aliphatic heterocycles. The van der Waals surface area contributed by atoms with Gasteiger partial charge in [0.05, 0.1) is 11.3 Å². The topological polar surface area (TPSA) is 92.8 Å². The molecule has 0 saturated heterocycles. The van der Waals surface area contributed by atoms with Crippen molar-refractivity contribution in [3.05, 3.63) is 63.8 Å². The second-order valence-electron chi connectivity index (χ2n) is 8.22. The average Bonchev–Trinajstić information content (AvgIpc) is 3.37. The van der Waals surface area contributed by atoms with Gasteiger partial charge in [0.1, 0.15) is 23.4 Å². The van der Waals surface area contributed by atoms with E-state index in [0.717, 1.165) is 42.6 Å². The lowest BCUT2D eigenvalue weighted by atomic mass is 9.96. The summed E-state index contributed by atoms with van der Waals surface area (Å²) in [5.74, 6) is 1.47. The van der Waals surface area contributed by atoms with Gasteiger partial charge in [0.15, 0.2) is 11.0 Å². The molecular formula is C25H27N5O2S2. The van der Waals surface area contributed by atoms with Crippen molar-refractivity contribution in [1.29, 1.82) is 5.26 Å². The summed E-state index contributed by atoms with van der Waals surface area (Å²) in [6.45, 7) is 8.67. The fourth-order valence-corrected chi connectivity index (χ4v) is 6.04. The van der Waals surface area contributed by atoms with Crippen molar-refractivity contribution in [3.63, 3.8) is 0 Å². The Hall–Kier alpha value is -3.09. The zero-order chi connectivity index (χ0) is 24.1. The lowest BCUT2D eigenvalue weighted by Crippen LogP contribution is -2.15. The van der Waals surface area contributed by atoms with Gasteiger partial charge >= 0.3 is 0 Å². The van der Waals surface area contributed by atoms with Gasteiger partial charge in [-0.3, -0.25) is 9.36 Å². The first-order chi connectivity index (χ1) is 16.5. The number of benzene rings is 1. The molecule has 34 heavy (non-hydrogen) atoms. The Balaban J connectivity index is 1.40. The maximum absolute atomic E-state index is 12.7. The molecule has 0 radical (unpaired) electrons. The Morgan fingerprint density at radius 1 is 1.35 bits per heavy atom. The summed E-state index contributed by atoms with van der Waals surface area (Å²) in [5, 5.41) is 22.4. The van der Waals surface area contributed by atoms with Gasteiger partial charge in [-0.2, -0.15) is 5.26 Å². The van der Waals surface area contributed by atoms with Crippen LogP contribution in [0.3, 0.4) is 0 Å². The van der Waals surface area contributed by atoms with Crippen LogP contribution in [0.2, 0.25) is 0 Å². The molecule has 0 saturated carbocycles. The Kier molecular flexibility index (Phi) is 7.70. The summed E-state index contributed by atoms with van der Waals surface area (Å²) in [5.41, 5.74) is 3.98. The predicted molar refractivity (Wildman–Crippen MR) is 135 cm³/mol. The molecule has 1 aliphatic rings. The lowest BCUT2D eigenvalue weighted by molar-refractivity contribution is -0.113. The van der Waals surface area contributed by atoms with Crippen LogP contribution in [-0.2, 0) is 30.8 Å². The molecule has 2 heterocycles. The highest BCUT2D eigenvalue weighted by atomic mass is 32.2. The zero-order valence-corrected chi connectivity index (χ0v) is 21.0. The molecule has 0 fully saturated rings. The van der Waals surface area contributed by atoms with E-state index in [-0.39, 0.29) is 18.3 Å². The van der Waals surface area contributed by atoms with Crippen molar-refractivity contribution in [2.45, 2.75) is 57.8 Å². The number of carbonyl (C=O) groups is 1.